The van der Waals surface area contributed by atoms with Crippen molar-refractivity contribution >= 4 is 27.4 Å². The molecular formula is C13H10BrN3. The number of nitrogens with one attached hydrogen (secondary N) is 1. The molecule has 0 fully saturated rings. The van der Waals surface area contributed by atoms with Crippen LogP contribution in [-0.2, 0) is 0 Å². The van der Waals surface area contributed by atoms with E-state index in [1.807, 2.05) is 25.1 Å². The summed E-state index contributed by atoms with van der Waals surface area (Å²) in [4.78, 5) is 4.16. The first kappa shape index (κ1) is 11.6. The molecular weight excluding hydrogens is 278 g/mol. The quantitative estimate of drug-likeness (QED) is 0.915. The monoisotopic (exact) mass is 287 g/mol. The molecule has 17 heavy (non-hydrogen) atoms. The number of hydrogen-bond acceptors (Lipinski definition) is 3. The molecule has 0 aliphatic carbocycles. The molecule has 0 saturated carbocycles. The molecule has 0 unspecified atom stereocenters. The Balaban J connectivity index is 2.35. The van der Waals surface area contributed by atoms with Crippen LogP contribution in [0.15, 0.2) is 41.0 Å². The second-order valence-electron chi connectivity index (χ2n) is 3.65. The Bertz CT molecular complexity index is 567. The molecule has 1 heterocycles. The number of nitriles is 1. The largest absolute Gasteiger partial charge is 0.339 e. The number of aryl methyl sites for hydroxylation is 1. The van der Waals surface area contributed by atoms with E-state index in [4.69, 9.17) is 5.26 Å². The van der Waals surface area contributed by atoms with Crippen LogP contribution in [-0.4, -0.2) is 4.98 Å². The van der Waals surface area contributed by atoms with E-state index in [1.54, 1.807) is 18.3 Å². The normalized spacial score (nSPS) is 9.71. The number of nitrogens with zero attached hydrogens (tertiary/aromatic N) is 2. The Morgan fingerprint density at radius 3 is 2.88 bits per heavy atom. The molecule has 0 aliphatic rings. The highest BCUT2D eigenvalue weighted by Crippen LogP contribution is 2.23. The molecule has 0 radical (unpaired) electrons. The molecule has 0 amide bonds. The smallest absolute Gasteiger partial charge is 0.148 e. The molecule has 1 N–H and O–H groups in total. The summed E-state index contributed by atoms with van der Waals surface area (Å²) < 4.78 is 0.995. The Morgan fingerprint density at radius 1 is 1.35 bits per heavy atom. The van der Waals surface area contributed by atoms with Crippen molar-refractivity contribution in [3.05, 3.63) is 52.1 Å². The number of hydrogen-bond donors (Lipinski definition) is 1. The van der Waals surface area contributed by atoms with Gasteiger partial charge in [0.05, 0.1) is 5.56 Å². The zero-order valence-corrected chi connectivity index (χ0v) is 10.8. The lowest BCUT2D eigenvalue weighted by Crippen LogP contribution is -1.96. The van der Waals surface area contributed by atoms with Gasteiger partial charge in [-0.05, 0) is 42.8 Å². The fourth-order valence-corrected chi connectivity index (χ4v) is 2.15. The van der Waals surface area contributed by atoms with Crippen LogP contribution in [0.5, 0.6) is 0 Å². The Hall–Kier alpha value is -1.86. The van der Waals surface area contributed by atoms with Crippen molar-refractivity contribution in [1.29, 1.82) is 5.26 Å². The summed E-state index contributed by atoms with van der Waals surface area (Å²) in [5, 5.41) is 12.1. The average Bonchev–Trinajstić information content (AvgIpc) is 2.28. The van der Waals surface area contributed by atoms with Crippen LogP contribution < -0.4 is 5.32 Å². The molecule has 2 rings (SSSR count). The standard InChI is InChI=1S/C13H10BrN3/c1-9-5-11(14)7-12(6-9)17-13-10(8-15)3-2-4-16-13/h2-7H,1H3,(H,16,17). The predicted octanol–water partition coefficient (Wildman–Crippen LogP) is 3.77. The summed E-state index contributed by atoms with van der Waals surface area (Å²) in [6.45, 7) is 2.01. The van der Waals surface area contributed by atoms with E-state index in [9.17, 15) is 0 Å². The molecule has 0 saturated heterocycles. The van der Waals surface area contributed by atoms with Crippen molar-refractivity contribution in [2.24, 2.45) is 0 Å². The molecule has 1 aromatic carbocycles. The Morgan fingerprint density at radius 2 is 2.18 bits per heavy atom. The number of benzene rings is 1. The first-order valence-corrected chi connectivity index (χ1v) is 5.87. The summed E-state index contributed by atoms with van der Waals surface area (Å²) in [6, 6.07) is 11.6. The van der Waals surface area contributed by atoms with E-state index in [0.717, 1.165) is 15.7 Å². The minimum absolute atomic E-state index is 0.533. The van der Waals surface area contributed by atoms with Gasteiger partial charge < -0.3 is 5.32 Å². The molecule has 2 aromatic rings. The predicted molar refractivity (Wildman–Crippen MR) is 71.1 cm³/mol. The van der Waals surface area contributed by atoms with Gasteiger partial charge in [-0.3, -0.25) is 0 Å². The lowest BCUT2D eigenvalue weighted by atomic mass is 10.2. The summed E-state index contributed by atoms with van der Waals surface area (Å²) in [5.74, 6) is 0.576. The van der Waals surface area contributed by atoms with Crippen LogP contribution in [0.3, 0.4) is 0 Å². The third kappa shape index (κ3) is 2.83. The van der Waals surface area contributed by atoms with E-state index in [0.29, 0.717) is 11.4 Å². The summed E-state index contributed by atoms with van der Waals surface area (Å²) >= 11 is 3.44. The van der Waals surface area contributed by atoms with Gasteiger partial charge in [0, 0.05) is 16.4 Å². The van der Waals surface area contributed by atoms with Gasteiger partial charge in [0.1, 0.15) is 11.9 Å². The maximum Gasteiger partial charge on any atom is 0.148 e. The molecule has 0 aliphatic heterocycles. The first-order valence-electron chi connectivity index (χ1n) is 5.08. The molecule has 0 spiro atoms. The third-order valence-electron chi connectivity index (χ3n) is 2.23. The Labute approximate surface area is 108 Å². The van der Waals surface area contributed by atoms with Gasteiger partial charge in [-0.2, -0.15) is 5.26 Å². The number of aromatic nitrogens is 1. The van der Waals surface area contributed by atoms with Crippen LogP contribution in [0.4, 0.5) is 11.5 Å². The van der Waals surface area contributed by atoms with E-state index in [2.05, 4.69) is 32.3 Å². The summed E-state index contributed by atoms with van der Waals surface area (Å²) in [7, 11) is 0. The molecule has 0 atom stereocenters. The number of anilines is 2. The van der Waals surface area contributed by atoms with Crippen LogP contribution >= 0.6 is 15.9 Å². The molecule has 3 nitrogen and oxygen atoms in total. The van der Waals surface area contributed by atoms with Gasteiger partial charge in [0.25, 0.3) is 0 Å². The topological polar surface area (TPSA) is 48.7 Å². The molecule has 1 aromatic heterocycles. The zero-order valence-electron chi connectivity index (χ0n) is 9.24. The summed E-state index contributed by atoms with van der Waals surface area (Å²) in [5.41, 5.74) is 2.58. The highest BCUT2D eigenvalue weighted by atomic mass is 79.9. The summed E-state index contributed by atoms with van der Waals surface area (Å²) in [6.07, 6.45) is 1.66. The van der Waals surface area contributed by atoms with Crippen molar-refractivity contribution < 1.29 is 0 Å². The molecule has 84 valence electrons. The average molecular weight is 288 g/mol. The van der Waals surface area contributed by atoms with Crippen LogP contribution in [0.2, 0.25) is 0 Å². The fourth-order valence-electron chi connectivity index (χ4n) is 1.54. The highest BCUT2D eigenvalue weighted by Gasteiger charge is 2.03. The van der Waals surface area contributed by atoms with Gasteiger partial charge in [-0.25, -0.2) is 4.98 Å². The van der Waals surface area contributed by atoms with Gasteiger partial charge in [-0.1, -0.05) is 15.9 Å². The van der Waals surface area contributed by atoms with Gasteiger partial charge >= 0.3 is 0 Å². The van der Waals surface area contributed by atoms with E-state index < -0.39 is 0 Å². The van der Waals surface area contributed by atoms with Crippen molar-refractivity contribution in [1.82, 2.24) is 4.98 Å². The lowest BCUT2D eigenvalue weighted by Gasteiger charge is -2.08. The van der Waals surface area contributed by atoms with Crippen molar-refractivity contribution in [2.75, 3.05) is 5.32 Å². The minimum atomic E-state index is 0.533. The van der Waals surface area contributed by atoms with Gasteiger partial charge in [-0.15, -0.1) is 0 Å². The fraction of sp³-hybridized carbons (Fsp3) is 0.0769. The van der Waals surface area contributed by atoms with E-state index in [1.165, 1.54) is 0 Å². The maximum absolute atomic E-state index is 8.97. The van der Waals surface area contributed by atoms with Crippen molar-refractivity contribution in [3.8, 4) is 6.07 Å². The van der Waals surface area contributed by atoms with Crippen molar-refractivity contribution in [3.63, 3.8) is 0 Å². The van der Waals surface area contributed by atoms with E-state index in [-0.39, 0.29) is 0 Å². The zero-order chi connectivity index (χ0) is 12.3. The third-order valence-corrected chi connectivity index (χ3v) is 2.69. The molecule has 0 bridgehead atoms. The maximum atomic E-state index is 8.97. The minimum Gasteiger partial charge on any atom is -0.339 e. The first-order chi connectivity index (χ1) is 8.19. The second kappa shape index (κ2) is 4.98. The van der Waals surface area contributed by atoms with Gasteiger partial charge in [0.2, 0.25) is 0 Å². The van der Waals surface area contributed by atoms with Crippen molar-refractivity contribution in [2.45, 2.75) is 6.92 Å². The van der Waals surface area contributed by atoms with Crippen LogP contribution in [0.25, 0.3) is 0 Å². The van der Waals surface area contributed by atoms with Gasteiger partial charge in [0.15, 0.2) is 0 Å². The Kier molecular flexibility index (Phi) is 3.40. The molecule has 4 heteroatoms. The van der Waals surface area contributed by atoms with Crippen LogP contribution in [0, 0.1) is 18.3 Å². The SMILES string of the molecule is Cc1cc(Br)cc(Nc2ncccc2C#N)c1. The van der Waals surface area contributed by atoms with E-state index >= 15 is 0 Å². The van der Waals surface area contributed by atoms with Crippen LogP contribution in [0.1, 0.15) is 11.1 Å². The number of halogens is 1. The number of rotatable bonds is 2. The lowest BCUT2D eigenvalue weighted by molar-refractivity contribution is 1.28. The second-order valence-corrected chi connectivity index (χ2v) is 4.57. The number of pyridine rings is 1. The highest BCUT2D eigenvalue weighted by molar-refractivity contribution is 9.10.